The van der Waals surface area contributed by atoms with E-state index in [1.165, 1.54) is 39.0 Å². The number of carbonyl (C=O) groups excluding carboxylic acids is 1. The summed E-state index contributed by atoms with van der Waals surface area (Å²) in [4.78, 5) is 16.4. The van der Waals surface area contributed by atoms with Crippen molar-refractivity contribution in [2.75, 3.05) is 33.2 Å². The van der Waals surface area contributed by atoms with E-state index >= 15 is 0 Å². The van der Waals surface area contributed by atoms with Crippen LogP contribution in [0.4, 0.5) is 0 Å². The van der Waals surface area contributed by atoms with E-state index < -0.39 is 0 Å². The second-order valence-electron chi connectivity index (χ2n) is 5.47. The number of ketones is 1. The molecule has 16 heavy (non-hydrogen) atoms. The Morgan fingerprint density at radius 3 is 2.44 bits per heavy atom. The van der Waals surface area contributed by atoms with Crippen molar-refractivity contribution in [2.45, 2.75) is 38.6 Å². The first-order valence-electron chi connectivity index (χ1n) is 6.60. The van der Waals surface area contributed by atoms with Crippen molar-refractivity contribution in [1.29, 1.82) is 0 Å². The Kier molecular flexibility index (Phi) is 3.98. The molecule has 1 heterocycles. The number of rotatable bonds is 2. The molecule has 2 aliphatic rings. The Morgan fingerprint density at radius 2 is 1.81 bits per heavy atom. The highest BCUT2D eigenvalue weighted by molar-refractivity contribution is 5.78. The molecule has 0 aromatic heterocycles. The van der Waals surface area contributed by atoms with Gasteiger partial charge in [0, 0.05) is 38.1 Å². The molecule has 0 aromatic rings. The summed E-state index contributed by atoms with van der Waals surface area (Å²) in [5, 5.41) is 0. The number of nitrogens with zero attached hydrogens (tertiary/aromatic N) is 2. The number of likely N-dealkylation sites (N-methyl/N-ethyl adjacent to an activating group) is 1. The molecular weight excluding hydrogens is 200 g/mol. The zero-order valence-electron chi connectivity index (χ0n) is 10.6. The van der Waals surface area contributed by atoms with Gasteiger partial charge in [0.1, 0.15) is 5.78 Å². The lowest BCUT2D eigenvalue weighted by Crippen LogP contribution is -2.50. The maximum atomic E-state index is 11.5. The van der Waals surface area contributed by atoms with Gasteiger partial charge in [0.25, 0.3) is 0 Å². The summed E-state index contributed by atoms with van der Waals surface area (Å²) in [6.45, 7) is 6.50. The van der Waals surface area contributed by atoms with Crippen molar-refractivity contribution in [3.8, 4) is 0 Å². The number of Topliss-reactive ketones (excluding diaryl/α,β-unsaturated/α-hetero) is 1. The summed E-state index contributed by atoms with van der Waals surface area (Å²) < 4.78 is 0. The Bertz CT molecular complexity index is 246. The molecule has 1 saturated heterocycles. The Balaban J connectivity index is 1.87. The molecule has 0 radical (unpaired) electrons. The molecule has 1 aliphatic heterocycles. The SMILES string of the molecule is CC(=O)[C@H]1CCC[C@H](N2CCN(C)CC2)C1. The van der Waals surface area contributed by atoms with Crippen LogP contribution in [0.25, 0.3) is 0 Å². The topological polar surface area (TPSA) is 23.6 Å². The van der Waals surface area contributed by atoms with Gasteiger partial charge in [0.05, 0.1) is 0 Å². The van der Waals surface area contributed by atoms with Crippen LogP contribution in [0.1, 0.15) is 32.6 Å². The Morgan fingerprint density at radius 1 is 1.12 bits per heavy atom. The number of hydrogen-bond acceptors (Lipinski definition) is 3. The molecule has 0 N–H and O–H groups in total. The fraction of sp³-hybridized carbons (Fsp3) is 0.923. The summed E-state index contributed by atoms with van der Waals surface area (Å²) in [6, 6.07) is 0.677. The maximum absolute atomic E-state index is 11.5. The predicted molar refractivity (Wildman–Crippen MR) is 65.5 cm³/mol. The first kappa shape index (κ1) is 12.1. The first-order valence-corrected chi connectivity index (χ1v) is 6.60. The number of piperazine rings is 1. The average Bonchev–Trinajstić information content (AvgIpc) is 2.30. The van der Waals surface area contributed by atoms with Crippen LogP contribution in [0.2, 0.25) is 0 Å². The number of hydrogen-bond donors (Lipinski definition) is 0. The van der Waals surface area contributed by atoms with Crippen LogP contribution < -0.4 is 0 Å². The van der Waals surface area contributed by atoms with Gasteiger partial charge in [0.2, 0.25) is 0 Å². The molecule has 2 rings (SSSR count). The quantitative estimate of drug-likeness (QED) is 0.708. The third-order valence-electron chi connectivity index (χ3n) is 4.28. The third-order valence-corrected chi connectivity index (χ3v) is 4.28. The van der Waals surface area contributed by atoms with E-state index in [2.05, 4.69) is 16.8 Å². The van der Waals surface area contributed by atoms with Crippen molar-refractivity contribution in [2.24, 2.45) is 5.92 Å². The summed E-state index contributed by atoms with van der Waals surface area (Å²) in [5.41, 5.74) is 0. The van der Waals surface area contributed by atoms with Gasteiger partial charge in [-0.25, -0.2) is 0 Å². The molecule has 2 fully saturated rings. The normalized spacial score (nSPS) is 33.9. The molecule has 3 heteroatoms. The van der Waals surface area contributed by atoms with Crippen LogP contribution in [-0.4, -0.2) is 54.9 Å². The van der Waals surface area contributed by atoms with Crippen LogP contribution in [0.15, 0.2) is 0 Å². The Hall–Kier alpha value is -0.410. The largest absolute Gasteiger partial charge is 0.304 e. The minimum Gasteiger partial charge on any atom is -0.304 e. The van der Waals surface area contributed by atoms with Gasteiger partial charge < -0.3 is 4.90 Å². The Labute approximate surface area is 98.8 Å². The van der Waals surface area contributed by atoms with E-state index in [1.54, 1.807) is 6.92 Å². The fourth-order valence-corrected chi connectivity index (χ4v) is 3.05. The van der Waals surface area contributed by atoms with Crippen LogP contribution in [0, 0.1) is 5.92 Å². The highest BCUT2D eigenvalue weighted by atomic mass is 16.1. The maximum Gasteiger partial charge on any atom is 0.132 e. The standard InChI is InChI=1S/C13H24N2O/c1-11(16)12-4-3-5-13(10-12)15-8-6-14(2)7-9-15/h12-13H,3-10H2,1-2H3/t12-,13-/m0/s1. The highest BCUT2D eigenvalue weighted by Crippen LogP contribution is 2.28. The molecule has 0 unspecified atom stereocenters. The molecule has 0 aromatic carbocycles. The van der Waals surface area contributed by atoms with Gasteiger partial charge in [-0.1, -0.05) is 6.42 Å². The third kappa shape index (κ3) is 2.83. The molecule has 0 amide bonds. The lowest BCUT2D eigenvalue weighted by molar-refractivity contribution is -0.122. The second kappa shape index (κ2) is 5.28. The minimum absolute atomic E-state index is 0.346. The second-order valence-corrected chi connectivity index (χ2v) is 5.47. The van der Waals surface area contributed by atoms with Gasteiger partial charge in [-0.3, -0.25) is 9.69 Å². The smallest absolute Gasteiger partial charge is 0.132 e. The fourth-order valence-electron chi connectivity index (χ4n) is 3.05. The van der Waals surface area contributed by atoms with Crippen LogP contribution in [-0.2, 0) is 4.79 Å². The first-order chi connectivity index (χ1) is 7.66. The van der Waals surface area contributed by atoms with Gasteiger partial charge >= 0.3 is 0 Å². The summed E-state index contributed by atoms with van der Waals surface area (Å²) in [6.07, 6.45) is 4.77. The van der Waals surface area contributed by atoms with Crippen molar-refractivity contribution < 1.29 is 4.79 Å². The highest BCUT2D eigenvalue weighted by Gasteiger charge is 2.29. The predicted octanol–water partition coefficient (Wildman–Crippen LogP) is 1.38. The van der Waals surface area contributed by atoms with Gasteiger partial charge in [-0.05, 0) is 33.2 Å². The van der Waals surface area contributed by atoms with Crippen molar-refractivity contribution in [1.82, 2.24) is 9.80 Å². The van der Waals surface area contributed by atoms with Crippen molar-refractivity contribution in [3.05, 3.63) is 0 Å². The van der Waals surface area contributed by atoms with E-state index in [1.807, 2.05) is 0 Å². The van der Waals surface area contributed by atoms with E-state index in [-0.39, 0.29) is 0 Å². The monoisotopic (exact) mass is 224 g/mol. The zero-order chi connectivity index (χ0) is 11.5. The molecule has 3 nitrogen and oxygen atoms in total. The summed E-state index contributed by atoms with van der Waals surface area (Å²) in [5.74, 6) is 0.747. The molecule has 92 valence electrons. The van der Waals surface area contributed by atoms with E-state index in [0.29, 0.717) is 17.7 Å². The van der Waals surface area contributed by atoms with E-state index in [0.717, 1.165) is 12.8 Å². The van der Waals surface area contributed by atoms with Crippen LogP contribution in [0.3, 0.4) is 0 Å². The van der Waals surface area contributed by atoms with Gasteiger partial charge in [-0.2, -0.15) is 0 Å². The molecule has 0 spiro atoms. The molecular formula is C13H24N2O. The lowest BCUT2D eigenvalue weighted by atomic mass is 9.82. The average molecular weight is 224 g/mol. The van der Waals surface area contributed by atoms with Crippen molar-refractivity contribution in [3.63, 3.8) is 0 Å². The molecule has 1 saturated carbocycles. The van der Waals surface area contributed by atoms with E-state index in [9.17, 15) is 4.79 Å². The van der Waals surface area contributed by atoms with Gasteiger partial charge in [-0.15, -0.1) is 0 Å². The van der Waals surface area contributed by atoms with Crippen LogP contribution >= 0.6 is 0 Å². The van der Waals surface area contributed by atoms with E-state index in [4.69, 9.17) is 0 Å². The molecule has 0 bridgehead atoms. The van der Waals surface area contributed by atoms with Crippen LogP contribution in [0.5, 0.6) is 0 Å². The lowest BCUT2D eigenvalue weighted by Gasteiger charge is -2.41. The molecule has 1 aliphatic carbocycles. The number of carbonyl (C=O) groups is 1. The van der Waals surface area contributed by atoms with Crippen molar-refractivity contribution >= 4 is 5.78 Å². The molecule has 2 atom stereocenters. The zero-order valence-corrected chi connectivity index (χ0v) is 10.6. The minimum atomic E-state index is 0.346. The van der Waals surface area contributed by atoms with Gasteiger partial charge in [0.15, 0.2) is 0 Å². The summed E-state index contributed by atoms with van der Waals surface area (Å²) >= 11 is 0. The summed E-state index contributed by atoms with van der Waals surface area (Å²) in [7, 11) is 2.19.